The van der Waals surface area contributed by atoms with Crippen molar-refractivity contribution in [2.75, 3.05) is 18.1 Å². The smallest absolute Gasteiger partial charge is 0.149 e. The van der Waals surface area contributed by atoms with Gasteiger partial charge in [-0.1, -0.05) is 13.8 Å². The normalized spacial score (nSPS) is 7.85. The van der Waals surface area contributed by atoms with Crippen molar-refractivity contribution in [1.82, 2.24) is 9.97 Å². The molecule has 0 amide bonds. The van der Waals surface area contributed by atoms with Crippen LogP contribution in [0.15, 0.2) is 6.33 Å². The number of nitrogens with one attached hydrogen (secondary N) is 1. The standard InChI is InChI=1S/C6H7N5.C2H6/c1-9-6-4(2-7)5(8)10-3-11-6;1-2/h3H,1H3,(H3,8,9,10,11);1-2H3. The van der Waals surface area contributed by atoms with Crippen molar-refractivity contribution in [3.63, 3.8) is 0 Å². The quantitative estimate of drug-likeness (QED) is 0.671. The van der Waals surface area contributed by atoms with Crippen LogP contribution in [0.4, 0.5) is 11.6 Å². The third-order valence-electron chi connectivity index (χ3n) is 1.23. The lowest BCUT2D eigenvalue weighted by molar-refractivity contribution is 1.15. The minimum atomic E-state index is 0.201. The van der Waals surface area contributed by atoms with E-state index < -0.39 is 0 Å². The van der Waals surface area contributed by atoms with Gasteiger partial charge in [0, 0.05) is 7.05 Å². The summed E-state index contributed by atoms with van der Waals surface area (Å²) in [4.78, 5) is 7.47. The average Bonchev–Trinajstić information content (AvgIpc) is 2.20. The van der Waals surface area contributed by atoms with Crippen LogP contribution in [0.2, 0.25) is 0 Å². The molecule has 1 aromatic heterocycles. The number of nitriles is 1. The second-order valence-electron chi connectivity index (χ2n) is 1.84. The molecule has 13 heavy (non-hydrogen) atoms. The maximum atomic E-state index is 8.58. The third kappa shape index (κ3) is 2.60. The third-order valence-corrected chi connectivity index (χ3v) is 1.23. The highest BCUT2D eigenvalue weighted by Gasteiger charge is 2.04. The fourth-order valence-corrected chi connectivity index (χ4v) is 0.699. The molecule has 0 unspecified atom stereocenters. The van der Waals surface area contributed by atoms with Gasteiger partial charge in [0.05, 0.1) is 0 Å². The molecule has 1 rings (SSSR count). The molecule has 0 atom stereocenters. The topological polar surface area (TPSA) is 87.6 Å². The molecule has 3 N–H and O–H groups in total. The van der Waals surface area contributed by atoms with Crippen molar-refractivity contribution >= 4 is 11.6 Å². The van der Waals surface area contributed by atoms with Gasteiger partial charge in [0.25, 0.3) is 0 Å². The van der Waals surface area contributed by atoms with Gasteiger partial charge in [-0.15, -0.1) is 0 Å². The SMILES string of the molecule is CC.CNc1ncnc(N)c1C#N. The Morgan fingerprint density at radius 2 is 2.08 bits per heavy atom. The van der Waals surface area contributed by atoms with Crippen molar-refractivity contribution in [3.8, 4) is 6.07 Å². The van der Waals surface area contributed by atoms with Crippen molar-refractivity contribution in [2.24, 2.45) is 0 Å². The van der Waals surface area contributed by atoms with Crippen LogP contribution in [0.5, 0.6) is 0 Å². The van der Waals surface area contributed by atoms with Crippen LogP contribution in [0, 0.1) is 11.3 Å². The summed E-state index contributed by atoms with van der Waals surface area (Å²) in [6.45, 7) is 4.00. The number of nitrogens with two attached hydrogens (primary N) is 1. The first kappa shape index (κ1) is 11.2. The maximum absolute atomic E-state index is 8.58. The summed E-state index contributed by atoms with van der Waals surface area (Å²) in [6, 6.07) is 1.90. The van der Waals surface area contributed by atoms with Gasteiger partial charge in [0.15, 0.2) is 0 Å². The number of nitrogens with zero attached hydrogens (tertiary/aromatic N) is 3. The van der Waals surface area contributed by atoms with Gasteiger partial charge in [-0.25, -0.2) is 9.97 Å². The molecule has 0 fully saturated rings. The number of hydrogen-bond donors (Lipinski definition) is 2. The van der Waals surface area contributed by atoms with Gasteiger partial charge in [-0.05, 0) is 0 Å². The van der Waals surface area contributed by atoms with Crippen LogP contribution in [-0.2, 0) is 0 Å². The number of hydrogen-bond acceptors (Lipinski definition) is 5. The number of rotatable bonds is 1. The van der Waals surface area contributed by atoms with E-state index >= 15 is 0 Å². The minimum Gasteiger partial charge on any atom is -0.382 e. The first-order valence-corrected chi connectivity index (χ1v) is 3.98. The molecule has 0 aliphatic rings. The molecule has 5 nitrogen and oxygen atoms in total. The highest BCUT2D eigenvalue weighted by atomic mass is 15.0. The number of aromatic nitrogens is 2. The van der Waals surface area contributed by atoms with Gasteiger partial charge in [-0.3, -0.25) is 0 Å². The predicted octanol–water partition coefficient (Wildman–Crippen LogP) is 0.998. The lowest BCUT2D eigenvalue weighted by Crippen LogP contribution is -2.02. The van der Waals surface area contributed by atoms with E-state index in [1.54, 1.807) is 7.05 Å². The Balaban J connectivity index is 0.000000671. The summed E-state index contributed by atoms with van der Waals surface area (Å²) in [7, 11) is 1.67. The minimum absolute atomic E-state index is 0.201. The van der Waals surface area contributed by atoms with Crippen molar-refractivity contribution in [2.45, 2.75) is 13.8 Å². The molecule has 70 valence electrons. The Bertz CT molecular complexity index is 302. The van der Waals surface area contributed by atoms with E-state index in [1.807, 2.05) is 19.9 Å². The van der Waals surface area contributed by atoms with E-state index in [2.05, 4.69) is 15.3 Å². The fourth-order valence-electron chi connectivity index (χ4n) is 0.699. The van der Waals surface area contributed by atoms with E-state index in [-0.39, 0.29) is 11.4 Å². The summed E-state index contributed by atoms with van der Waals surface area (Å²) < 4.78 is 0. The van der Waals surface area contributed by atoms with Crippen molar-refractivity contribution in [1.29, 1.82) is 5.26 Å². The highest BCUT2D eigenvalue weighted by molar-refractivity contribution is 5.61. The number of anilines is 2. The predicted molar refractivity (Wildman–Crippen MR) is 52.1 cm³/mol. The molecule has 5 heteroatoms. The fraction of sp³-hybridized carbons (Fsp3) is 0.375. The maximum Gasteiger partial charge on any atom is 0.149 e. The van der Waals surface area contributed by atoms with Gasteiger partial charge < -0.3 is 11.1 Å². The van der Waals surface area contributed by atoms with Crippen LogP contribution in [0.1, 0.15) is 19.4 Å². The lowest BCUT2D eigenvalue weighted by Gasteiger charge is -2.01. The summed E-state index contributed by atoms with van der Waals surface area (Å²) in [5.74, 6) is 0.659. The molecule has 0 aliphatic heterocycles. The van der Waals surface area contributed by atoms with Crippen LogP contribution in [-0.4, -0.2) is 17.0 Å². The Morgan fingerprint density at radius 1 is 1.46 bits per heavy atom. The van der Waals surface area contributed by atoms with E-state index in [9.17, 15) is 0 Å². The molecule has 0 aromatic carbocycles. The lowest BCUT2D eigenvalue weighted by atomic mass is 10.3. The van der Waals surface area contributed by atoms with Gasteiger partial charge in [0.2, 0.25) is 0 Å². The summed E-state index contributed by atoms with van der Waals surface area (Å²) in [6.07, 6.45) is 1.31. The molecule has 0 aliphatic carbocycles. The zero-order valence-corrected chi connectivity index (χ0v) is 8.00. The zero-order valence-electron chi connectivity index (χ0n) is 8.00. The average molecular weight is 179 g/mol. The van der Waals surface area contributed by atoms with Gasteiger partial charge in [0.1, 0.15) is 29.6 Å². The van der Waals surface area contributed by atoms with Crippen molar-refractivity contribution in [3.05, 3.63) is 11.9 Å². The first-order chi connectivity index (χ1) is 6.29. The Morgan fingerprint density at radius 3 is 2.46 bits per heavy atom. The summed E-state index contributed by atoms with van der Waals surface area (Å²) in [5.41, 5.74) is 5.68. The summed E-state index contributed by atoms with van der Waals surface area (Å²) in [5, 5.41) is 11.3. The molecule has 1 heterocycles. The van der Waals surface area contributed by atoms with Crippen LogP contribution in [0.3, 0.4) is 0 Å². The van der Waals surface area contributed by atoms with Crippen LogP contribution < -0.4 is 11.1 Å². The van der Waals surface area contributed by atoms with E-state index in [0.29, 0.717) is 5.82 Å². The van der Waals surface area contributed by atoms with E-state index in [4.69, 9.17) is 11.0 Å². The second kappa shape index (κ2) is 5.77. The van der Waals surface area contributed by atoms with E-state index in [1.165, 1.54) is 6.33 Å². The molecular formula is C8H13N5. The van der Waals surface area contributed by atoms with Crippen LogP contribution >= 0.6 is 0 Å². The molecule has 0 saturated carbocycles. The molecule has 0 radical (unpaired) electrons. The molecule has 1 aromatic rings. The molecular weight excluding hydrogens is 166 g/mol. The second-order valence-corrected chi connectivity index (χ2v) is 1.84. The summed E-state index contributed by atoms with van der Waals surface area (Å²) >= 11 is 0. The van der Waals surface area contributed by atoms with Crippen molar-refractivity contribution < 1.29 is 0 Å². The Labute approximate surface area is 77.6 Å². The van der Waals surface area contributed by atoms with Gasteiger partial charge >= 0.3 is 0 Å². The molecule has 0 bridgehead atoms. The molecule has 0 spiro atoms. The largest absolute Gasteiger partial charge is 0.382 e. The van der Waals surface area contributed by atoms with E-state index in [0.717, 1.165) is 0 Å². The Kier molecular flexibility index (Phi) is 4.96. The molecule has 0 saturated heterocycles. The highest BCUT2D eigenvalue weighted by Crippen LogP contribution is 2.13. The van der Waals surface area contributed by atoms with Gasteiger partial charge in [-0.2, -0.15) is 5.26 Å². The zero-order chi connectivity index (χ0) is 10.3. The monoisotopic (exact) mass is 179 g/mol. The first-order valence-electron chi connectivity index (χ1n) is 3.98. The number of nitrogen functional groups attached to an aromatic ring is 1. The Hall–Kier alpha value is -1.83. The van der Waals surface area contributed by atoms with Crippen LogP contribution in [0.25, 0.3) is 0 Å².